The summed E-state index contributed by atoms with van der Waals surface area (Å²) < 4.78 is 4.72. The number of hydrogen-bond acceptors (Lipinski definition) is 6. The first-order valence-electron chi connectivity index (χ1n) is 7.55. The minimum absolute atomic E-state index is 0.0725. The molecule has 1 amide bonds. The van der Waals surface area contributed by atoms with Gasteiger partial charge in [-0.1, -0.05) is 18.2 Å². The molecular formula is C18H19NO6. The van der Waals surface area contributed by atoms with E-state index in [1.54, 1.807) is 12.1 Å². The van der Waals surface area contributed by atoms with E-state index in [4.69, 9.17) is 4.74 Å². The van der Waals surface area contributed by atoms with Crippen LogP contribution in [0.5, 0.6) is 17.2 Å². The smallest absolute Gasteiger partial charge is 0.328 e. The van der Waals surface area contributed by atoms with Crippen molar-refractivity contribution in [3.05, 3.63) is 53.6 Å². The standard InChI is InChI=1S/C18H19NO6/c1-25-18(24)14(8-11-2-5-13(20)6-3-11)19-17(23)10-12-4-7-15(21)16(22)9-12/h2-7,9,14,20-22H,8,10H2,1H3,(H,19,23)/t14-/m0/s1. The fourth-order valence-electron chi connectivity index (χ4n) is 2.31. The average molecular weight is 345 g/mol. The van der Waals surface area contributed by atoms with Crippen molar-refractivity contribution < 1.29 is 29.6 Å². The quantitative estimate of drug-likeness (QED) is 0.462. The maximum Gasteiger partial charge on any atom is 0.328 e. The SMILES string of the molecule is COC(=O)[C@H](Cc1ccc(O)cc1)NC(=O)Cc1ccc(O)c(O)c1. The summed E-state index contributed by atoms with van der Waals surface area (Å²) >= 11 is 0. The lowest BCUT2D eigenvalue weighted by Crippen LogP contribution is -2.43. The molecule has 0 fully saturated rings. The van der Waals surface area contributed by atoms with E-state index in [1.807, 2.05) is 0 Å². The van der Waals surface area contributed by atoms with Gasteiger partial charge in [0.05, 0.1) is 13.5 Å². The molecule has 0 saturated carbocycles. The molecule has 0 aliphatic carbocycles. The summed E-state index contributed by atoms with van der Waals surface area (Å²) in [5, 5.41) is 30.6. The second-order valence-corrected chi connectivity index (χ2v) is 5.51. The average Bonchev–Trinajstić information content (AvgIpc) is 2.58. The van der Waals surface area contributed by atoms with Crippen molar-refractivity contribution in [3.63, 3.8) is 0 Å². The summed E-state index contributed by atoms with van der Waals surface area (Å²) in [5.74, 6) is -1.51. The first-order chi connectivity index (χ1) is 11.9. The van der Waals surface area contributed by atoms with Gasteiger partial charge in [0.1, 0.15) is 11.8 Å². The van der Waals surface area contributed by atoms with E-state index in [9.17, 15) is 24.9 Å². The molecule has 7 nitrogen and oxygen atoms in total. The van der Waals surface area contributed by atoms with Crippen LogP contribution < -0.4 is 5.32 Å². The summed E-state index contributed by atoms with van der Waals surface area (Å²) in [6.45, 7) is 0. The number of benzene rings is 2. The molecule has 0 heterocycles. The number of carbonyl (C=O) groups is 2. The highest BCUT2D eigenvalue weighted by Crippen LogP contribution is 2.25. The van der Waals surface area contributed by atoms with Crippen LogP contribution in [-0.4, -0.2) is 40.3 Å². The molecule has 0 aliphatic heterocycles. The number of amides is 1. The second-order valence-electron chi connectivity index (χ2n) is 5.51. The molecule has 0 unspecified atom stereocenters. The maximum absolute atomic E-state index is 12.2. The van der Waals surface area contributed by atoms with Gasteiger partial charge in [-0.3, -0.25) is 4.79 Å². The van der Waals surface area contributed by atoms with Gasteiger partial charge in [-0.15, -0.1) is 0 Å². The molecule has 132 valence electrons. The molecule has 4 N–H and O–H groups in total. The van der Waals surface area contributed by atoms with Gasteiger partial charge < -0.3 is 25.4 Å². The Morgan fingerprint density at radius 1 is 1.00 bits per heavy atom. The topological polar surface area (TPSA) is 116 Å². The number of hydrogen-bond donors (Lipinski definition) is 4. The Hall–Kier alpha value is -3.22. The first-order valence-corrected chi connectivity index (χ1v) is 7.55. The van der Waals surface area contributed by atoms with Gasteiger partial charge in [0.25, 0.3) is 0 Å². The number of phenols is 3. The normalized spacial score (nSPS) is 11.6. The highest BCUT2D eigenvalue weighted by Gasteiger charge is 2.22. The Morgan fingerprint density at radius 3 is 2.24 bits per heavy atom. The summed E-state index contributed by atoms with van der Waals surface area (Å²) in [5.41, 5.74) is 1.23. The lowest BCUT2D eigenvalue weighted by atomic mass is 10.0. The Kier molecular flexibility index (Phi) is 5.84. The number of ether oxygens (including phenoxy) is 1. The Morgan fingerprint density at radius 2 is 1.64 bits per heavy atom. The van der Waals surface area contributed by atoms with Crippen LogP contribution in [0.3, 0.4) is 0 Å². The van der Waals surface area contributed by atoms with Crippen molar-refractivity contribution in [2.75, 3.05) is 7.11 Å². The van der Waals surface area contributed by atoms with Gasteiger partial charge in [0.2, 0.25) is 5.91 Å². The third-order valence-electron chi connectivity index (χ3n) is 3.60. The van der Waals surface area contributed by atoms with Crippen molar-refractivity contribution in [2.24, 2.45) is 0 Å². The number of nitrogens with one attached hydrogen (secondary N) is 1. The molecule has 25 heavy (non-hydrogen) atoms. The van der Waals surface area contributed by atoms with E-state index in [-0.39, 0.29) is 30.1 Å². The predicted octanol–water partition coefficient (Wildman–Crippen LogP) is 1.25. The minimum atomic E-state index is -0.882. The van der Waals surface area contributed by atoms with Crippen LogP contribution in [0.1, 0.15) is 11.1 Å². The first kappa shape index (κ1) is 18.1. The molecule has 7 heteroatoms. The van der Waals surface area contributed by atoms with E-state index >= 15 is 0 Å². The molecule has 2 aromatic rings. The van der Waals surface area contributed by atoms with Crippen LogP contribution in [0.25, 0.3) is 0 Å². The number of phenolic OH excluding ortho intramolecular Hbond substituents is 3. The lowest BCUT2D eigenvalue weighted by Gasteiger charge is -2.17. The van der Waals surface area contributed by atoms with Gasteiger partial charge in [-0.05, 0) is 35.4 Å². The largest absolute Gasteiger partial charge is 0.508 e. The van der Waals surface area contributed by atoms with E-state index in [0.29, 0.717) is 5.56 Å². The fraction of sp³-hybridized carbons (Fsp3) is 0.222. The van der Waals surface area contributed by atoms with Crippen molar-refractivity contribution in [1.82, 2.24) is 5.32 Å². The lowest BCUT2D eigenvalue weighted by molar-refractivity contribution is -0.145. The highest BCUT2D eigenvalue weighted by atomic mass is 16.5. The van der Waals surface area contributed by atoms with E-state index < -0.39 is 17.9 Å². The second kappa shape index (κ2) is 8.05. The number of aromatic hydroxyl groups is 3. The van der Waals surface area contributed by atoms with Crippen LogP contribution in [0.4, 0.5) is 0 Å². The van der Waals surface area contributed by atoms with Crippen LogP contribution >= 0.6 is 0 Å². The molecular weight excluding hydrogens is 326 g/mol. The van der Waals surface area contributed by atoms with Gasteiger partial charge in [0.15, 0.2) is 11.5 Å². The molecule has 0 aliphatic rings. The minimum Gasteiger partial charge on any atom is -0.508 e. The van der Waals surface area contributed by atoms with Crippen molar-refractivity contribution in [3.8, 4) is 17.2 Å². The number of rotatable bonds is 6. The summed E-state index contributed by atoms with van der Waals surface area (Å²) in [6, 6.07) is 9.46. The monoisotopic (exact) mass is 345 g/mol. The zero-order valence-corrected chi connectivity index (χ0v) is 13.6. The van der Waals surface area contributed by atoms with Crippen molar-refractivity contribution >= 4 is 11.9 Å². The molecule has 2 rings (SSSR count). The van der Waals surface area contributed by atoms with Gasteiger partial charge in [-0.2, -0.15) is 0 Å². The van der Waals surface area contributed by atoms with Crippen molar-refractivity contribution in [2.45, 2.75) is 18.9 Å². The number of carbonyl (C=O) groups excluding carboxylic acids is 2. The molecule has 2 aromatic carbocycles. The van der Waals surface area contributed by atoms with Gasteiger partial charge in [0, 0.05) is 6.42 Å². The zero-order valence-electron chi connectivity index (χ0n) is 13.6. The van der Waals surface area contributed by atoms with Gasteiger partial charge in [-0.25, -0.2) is 4.79 Å². The third-order valence-corrected chi connectivity index (χ3v) is 3.60. The van der Waals surface area contributed by atoms with Crippen LogP contribution in [-0.2, 0) is 27.2 Å². The van der Waals surface area contributed by atoms with E-state index in [1.165, 1.54) is 37.4 Å². The summed E-state index contributed by atoms with van der Waals surface area (Å²) in [6.07, 6.45) is 0.135. The Labute approximate surface area is 144 Å². The number of methoxy groups -OCH3 is 1. The summed E-state index contributed by atoms with van der Waals surface area (Å²) in [7, 11) is 1.23. The molecule has 0 saturated heterocycles. The van der Waals surface area contributed by atoms with E-state index in [0.717, 1.165) is 5.56 Å². The molecule has 0 spiro atoms. The fourth-order valence-corrected chi connectivity index (χ4v) is 2.31. The number of esters is 1. The predicted molar refractivity (Wildman–Crippen MR) is 89.2 cm³/mol. The summed E-state index contributed by atoms with van der Waals surface area (Å²) in [4.78, 5) is 24.1. The van der Waals surface area contributed by atoms with Crippen LogP contribution in [0, 0.1) is 0 Å². The molecule has 0 bridgehead atoms. The van der Waals surface area contributed by atoms with E-state index in [2.05, 4.69) is 5.32 Å². The third kappa shape index (κ3) is 5.13. The van der Waals surface area contributed by atoms with Gasteiger partial charge >= 0.3 is 5.97 Å². The van der Waals surface area contributed by atoms with Crippen LogP contribution in [0.15, 0.2) is 42.5 Å². The highest BCUT2D eigenvalue weighted by molar-refractivity contribution is 5.85. The molecule has 0 radical (unpaired) electrons. The Balaban J connectivity index is 2.05. The Bertz CT molecular complexity index is 757. The molecule has 0 aromatic heterocycles. The van der Waals surface area contributed by atoms with Crippen LogP contribution in [0.2, 0.25) is 0 Å². The maximum atomic E-state index is 12.2. The van der Waals surface area contributed by atoms with Crippen molar-refractivity contribution in [1.29, 1.82) is 0 Å². The molecule has 1 atom stereocenters. The zero-order chi connectivity index (χ0) is 18.4.